The third kappa shape index (κ3) is 3.70. The number of nitrogens with zero attached hydrogens (tertiary/aromatic N) is 3. The summed E-state index contributed by atoms with van der Waals surface area (Å²) in [6.07, 6.45) is 3.17. The quantitative estimate of drug-likeness (QED) is 0.765. The van der Waals surface area contributed by atoms with Crippen molar-refractivity contribution in [2.75, 3.05) is 0 Å². The molecule has 1 N–H and O–H groups in total. The molecule has 0 aliphatic rings. The maximum absolute atomic E-state index is 12.0. The molecular formula is C16H14N4O3. The summed E-state index contributed by atoms with van der Waals surface area (Å²) < 4.78 is 6.34. The molecule has 0 spiro atoms. The Morgan fingerprint density at radius 1 is 1.17 bits per heavy atom. The first kappa shape index (κ1) is 14.7. The van der Waals surface area contributed by atoms with Crippen molar-refractivity contribution in [3.8, 4) is 11.5 Å². The van der Waals surface area contributed by atoms with Crippen LogP contribution in [0.3, 0.4) is 0 Å². The Hall–Kier alpha value is -3.22. The zero-order chi connectivity index (χ0) is 16.1. The van der Waals surface area contributed by atoms with Crippen LogP contribution in [0, 0.1) is 0 Å². The van der Waals surface area contributed by atoms with Crippen molar-refractivity contribution in [2.24, 2.45) is 0 Å². The number of rotatable bonds is 5. The highest BCUT2D eigenvalue weighted by Crippen LogP contribution is 2.14. The summed E-state index contributed by atoms with van der Waals surface area (Å²) in [4.78, 5) is 27.9. The molecule has 0 radical (unpaired) electrons. The van der Waals surface area contributed by atoms with Crippen molar-refractivity contribution in [3.05, 3.63) is 71.0 Å². The molecule has 3 aromatic heterocycles. The van der Waals surface area contributed by atoms with Crippen LogP contribution in [0.2, 0.25) is 0 Å². The van der Waals surface area contributed by atoms with Crippen LogP contribution < -0.4 is 10.9 Å². The Bertz CT molecular complexity index is 841. The van der Waals surface area contributed by atoms with Gasteiger partial charge in [-0.05, 0) is 30.3 Å². The number of furan rings is 1. The topological polar surface area (TPSA) is 90.0 Å². The van der Waals surface area contributed by atoms with E-state index in [0.29, 0.717) is 18.0 Å². The molecule has 0 atom stereocenters. The minimum atomic E-state index is -0.353. The number of hydrogen-bond donors (Lipinski definition) is 1. The molecule has 0 saturated carbocycles. The molecule has 0 fully saturated rings. The molecule has 23 heavy (non-hydrogen) atoms. The molecule has 0 aromatic carbocycles. The molecule has 0 bridgehead atoms. The smallest absolute Gasteiger partial charge is 0.267 e. The maximum Gasteiger partial charge on any atom is 0.267 e. The van der Waals surface area contributed by atoms with E-state index in [9.17, 15) is 9.59 Å². The van der Waals surface area contributed by atoms with E-state index >= 15 is 0 Å². The van der Waals surface area contributed by atoms with Crippen LogP contribution in [-0.2, 0) is 17.9 Å². The zero-order valence-corrected chi connectivity index (χ0v) is 12.2. The summed E-state index contributed by atoms with van der Waals surface area (Å²) in [5.74, 6) is 0.217. The van der Waals surface area contributed by atoms with Crippen LogP contribution >= 0.6 is 0 Å². The molecule has 7 heteroatoms. The molecule has 116 valence electrons. The number of amides is 1. The van der Waals surface area contributed by atoms with Crippen LogP contribution in [0.4, 0.5) is 0 Å². The van der Waals surface area contributed by atoms with Gasteiger partial charge in [0.15, 0.2) is 5.76 Å². The Morgan fingerprint density at radius 3 is 2.83 bits per heavy atom. The van der Waals surface area contributed by atoms with Gasteiger partial charge in [0.05, 0.1) is 18.5 Å². The van der Waals surface area contributed by atoms with Gasteiger partial charge in [-0.2, -0.15) is 5.10 Å². The third-order valence-corrected chi connectivity index (χ3v) is 3.13. The Morgan fingerprint density at radius 2 is 2.09 bits per heavy atom. The summed E-state index contributed by atoms with van der Waals surface area (Å²) in [7, 11) is 0. The number of pyridine rings is 1. The van der Waals surface area contributed by atoms with Crippen molar-refractivity contribution in [1.82, 2.24) is 20.1 Å². The number of carbonyl (C=O) groups excluding carboxylic acids is 1. The second-order valence-corrected chi connectivity index (χ2v) is 4.79. The first-order chi connectivity index (χ1) is 11.2. The van der Waals surface area contributed by atoms with E-state index < -0.39 is 0 Å². The van der Waals surface area contributed by atoms with Crippen LogP contribution in [0.25, 0.3) is 11.5 Å². The van der Waals surface area contributed by atoms with Gasteiger partial charge >= 0.3 is 0 Å². The third-order valence-electron chi connectivity index (χ3n) is 3.13. The second-order valence-electron chi connectivity index (χ2n) is 4.79. The fourth-order valence-electron chi connectivity index (χ4n) is 2.00. The van der Waals surface area contributed by atoms with Crippen molar-refractivity contribution >= 4 is 5.91 Å². The molecule has 3 rings (SSSR count). The van der Waals surface area contributed by atoms with Crippen molar-refractivity contribution in [1.29, 1.82) is 0 Å². The van der Waals surface area contributed by atoms with E-state index in [1.54, 1.807) is 30.5 Å². The molecule has 1 amide bonds. The number of carbonyl (C=O) groups is 1. The molecular weight excluding hydrogens is 296 g/mol. The molecule has 0 aliphatic carbocycles. The fraction of sp³-hybridized carbons (Fsp3) is 0.125. The SMILES string of the molecule is O=C(Cn1nc(-c2ccco2)ccc1=O)NCc1ccccn1. The summed E-state index contributed by atoms with van der Waals surface area (Å²) in [5, 5.41) is 6.85. The maximum atomic E-state index is 12.0. The van der Waals surface area contributed by atoms with E-state index in [1.807, 2.05) is 12.1 Å². The predicted octanol–water partition coefficient (Wildman–Crippen LogP) is 1.21. The molecule has 7 nitrogen and oxygen atoms in total. The Balaban J connectivity index is 1.68. The molecule has 3 heterocycles. The summed E-state index contributed by atoms with van der Waals surface area (Å²) in [6.45, 7) is 0.131. The van der Waals surface area contributed by atoms with E-state index in [-0.39, 0.29) is 18.0 Å². The zero-order valence-electron chi connectivity index (χ0n) is 12.2. The van der Waals surface area contributed by atoms with Crippen LogP contribution in [0.1, 0.15) is 5.69 Å². The highest BCUT2D eigenvalue weighted by Gasteiger charge is 2.09. The van der Waals surface area contributed by atoms with Crippen molar-refractivity contribution < 1.29 is 9.21 Å². The van der Waals surface area contributed by atoms with Gasteiger partial charge in [-0.15, -0.1) is 0 Å². The lowest BCUT2D eigenvalue weighted by Gasteiger charge is -2.07. The van der Waals surface area contributed by atoms with Gasteiger partial charge in [-0.3, -0.25) is 14.6 Å². The Labute approximate surface area is 131 Å². The van der Waals surface area contributed by atoms with E-state index in [4.69, 9.17) is 4.42 Å². The lowest BCUT2D eigenvalue weighted by atomic mass is 10.3. The number of aromatic nitrogens is 3. The normalized spacial score (nSPS) is 10.4. The first-order valence-electron chi connectivity index (χ1n) is 7.01. The van der Waals surface area contributed by atoms with Crippen LogP contribution in [0.15, 0.2) is 64.1 Å². The lowest BCUT2D eigenvalue weighted by Crippen LogP contribution is -2.33. The summed E-state index contributed by atoms with van der Waals surface area (Å²) >= 11 is 0. The second kappa shape index (κ2) is 6.69. The average Bonchev–Trinajstić information content (AvgIpc) is 3.10. The van der Waals surface area contributed by atoms with Crippen LogP contribution in [0.5, 0.6) is 0 Å². The fourth-order valence-corrected chi connectivity index (χ4v) is 2.00. The largest absolute Gasteiger partial charge is 0.463 e. The minimum absolute atomic E-state index is 0.166. The average molecular weight is 310 g/mol. The van der Waals surface area contributed by atoms with Gasteiger partial charge in [0.2, 0.25) is 5.91 Å². The van der Waals surface area contributed by atoms with E-state index in [0.717, 1.165) is 10.4 Å². The van der Waals surface area contributed by atoms with E-state index in [1.165, 1.54) is 12.3 Å². The van der Waals surface area contributed by atoms with Gasteiger partial charge in [0.1, 0.15) is 12.2 Å². The highest BCUT2D eigenvalue weighted by atomic mass is 16.3. The van der Waals surface area contributed by atoms with Gasteiger partial charge in [-0.25, -0.2) is 4.68 Å². The monoisotopic (exact) mass is 310 g/mol. The lowest BCUT2D eigenvalue weighted by molar-refractivity contribution is -0.122. The van der Waals surface area contributed by atoms with Gasteiger partial charge < -0.3 is 9.73 Å². The highest BCUT2D eigenvalue weighted by molar-refractivity contribution is 5.75. The number of hydrogen-bond acceptors (Lipinski definition) is 5. The van der Waals surface area contributed by atoms with E-state index in [2.05, 4.69) is 15.4 Å². The minimum Gasteiger partial charge on any atom is -0.463 e. The molecule has 3 aromatic rings. The number of nitrogens with one attached hydrogen (secondary N) is 1. The molecule has 0 aliphatic heterocycles. The predicted molar refractivity (Wildman–Crippen MR) is 82.3 cm³/mol. The summed E-state index contributed by atoms with van der Waals surface area (Å²) in [5.41, 5.74) is 0.880. The molecule has 0 saturated heterocycles. The standard InChI is InChI=1S/C16H14N4O3/c21-15(18-10-12-4-1-2-8-17-12)11-20-16(22)7-6-13(19-20)14-5-3-9-23-14/h1-9H,10-11H2,(H,18,21). The first-order valence-corrected chi connectivity index (χ1v) is 7.01. The van der Waals surface area contributed by atoms with Crippen molar-refractivity contribution in [3.63, 3.8) is 0 Å². The van der Waals surface area contributed by atoms with Crippen molar-refractivity contribution in [2.45, 2.75) is 13.1 Å². The van der Waals surface area contributed by atoms with Gasteiger partial charge in [0.25, 0.3) is 5.56 Å². The molecule has 0 unspecified atom stereocenters. The Kier molecular flexibility index (Phi) is 4.28. The van der Waals surface area contributed by atoms with Gasteiger partial charge in [-0.1, -0.05) is 6.07 Å². The van der Waals surface area contributed by atoms with Gasteiger partial charge in [0, 0.05) is 12.3 Å². The summed E-state index contributed by atoms with van der Waals surface area (Å²) in [6, 6.07) is 11.8. The van der Waals surface area contributed by atoms with Crippen LogP contribution in [-0.4, -0.2) is 20.7 Å².